The lowest BCUT2D eigenvalue weighted by Crippen LogP contribution is -2.46. The van der Waals surface area contributed by atoms with Crippen LogP contribution in [0.5, 0.6) is 0 Å². The van der Waals surface area contributed by atoms with Gasteiger partial charge in [-0.1, -0.05) is 12.1 Å². The molecule has 0 bridgehead atoms. The molecule has 1 aliphatic rings. The number of nitrogens with two attached hydrogens (primary N) is 2. The van der Waals surface area contributed by atoms with Gasteiger partial charge in [0, 0.05) is 42.1 Å². The van der Waals surface area contributed by atoms with Crippen molar-refractivity contribution in [1.82, 2.24) is 15.2 Å². The predicted octanol–water partition coefficient (Wildman–Crippen LogP) is 1.01. The third-order valence-corrected chi connectivity index (χ3v) is 4.53. The molecule has 1 aromatic carbocycles. The van der Waals surface area contributed by atoms with E-state index in [1.165, 1.54) is 0 Å². The number of anilines is 1. The zero-order chi connectivity index (χ0) is 18.5. The molecule has 1 fully saturated rings. The minimum atomic E-state index is -0.317. The second-order valence-electron chi connectivity index (χ2n) is 6.54. The average Bonchev–Trinajstić information content (AvgIpc) is 2.63. The Bertz CT molecular complexity index is 783. The maximum atomic E-state index is 12.4. The molecular weight excluding hydrogens is 330 g/mol. The van der Waals surface area contributed by atoms with Crippen LogP contribution in [-0.2, 0) is 4.79 Å². The Morgan fingerprint density at radius 1 is 1.15 bits per heavy atom. The Labute approximate surface area is 152 Å². The molecule has 0 aliphatic carbocycles. The van der Waals surface area contributed by atoms with Crippen molar-refractivity contribution in [3.63, 3.8) is 0 Å². The smallest absolute Gasteiger partial charge is 0.251 e. The number of nitrogens with zero attached hydrogens (tertiary/aromatic N) is 2. The first-order chi connectivity index (χ1) is 12.5. The number of hydrogen-bond acceptors (Lipinski definition) is 5. The fraction of sp³-hybridized carbons (Fsp3) is 0.316. The first-order valence-corrected chi connectivity index (χ1v) is 8.65. The number of pyridine rings is 1. The van der Waals surface area contributed by atoms with Gasteiger partial charge in [-0.05, 0) is 37.1 Å². The minimum Gasteiger partial charge on any atom is -0.399 e. The third kappa shape index (κ3) is 4.58. The number of primary amides is 1. The van der Waals surface area contributed by atoms with Crippen molar-refractivity contribution in [2.75, 3.05) is 25.4 Å². The van der Waals surface area contributed by atoms with Crippen molar-refractivity contribution >= 4 is 17.5 Å². The van der Waals surface area contributed by atoms with Crippen LogP contribution in [0.25, 0.3) is 11.3 Å². The van der Waals surface area contributed by atoms with Crippen LogP contribution in [0.2, 0.25) is 0 Å². The fourth-order valence-corrected chi connectivity index (χ4v) is 3.12. The maximum absolute atomic E-state index is 12.4. The highest BCUT2D eigenvalue weighted by Crippen LogP contribution is 2.19. The van der Waals surface area contributed by atoms with Crippen molar-refractivity contribution in [2.45, 2.75) is 18.9 Å². The van der Waals surface area contributed by atoms with Crippen LogP contribution in [0.1, 0.15) is 23.2 Å². The van der Waals surface area contributed by atoms with Crippen LogP contribution in [0, 0.1) is 0 Å². The van der Waals surface area contributed by atoms with Gasteiger partial charge in [0.15, 0.2) is 0 Å². The molecule has 2 aromatic rings. The van der Waals surface area contributed by atoms with Crippen molar-refractivity contribution < 1.29 is 9.59 Å². The fourth-order valence-electron chi connectivity index (χ4n) is 3.12. The van der Waals surface area contributed by atoms with E-state index in [0.717, 1.165) is 37.2 Å². The number of benzene rings is 1. The summed E-state index contributed by atoms with van der Waals surface area (Å²) in [5.41, 5.74) is 13.9. The number of nitrogens with one attached hydrogen (secondary N) is 1. The standard InChI is InChI=1S/C19H23N5O2/c20-15-5-8-22-17(11-15)13-1-3-14(4-2-13)19(26)23-16-6-9-24(10-7-16)12-18(21)25/h1-5,8,11,16H,6-7,9-10,12H2,(H2,20,22)(H2,21,25)(H,23,26). The summed E-state index contributed by atoms with van der Waals surface area (Å²) in [6, 6.07) is 11.0. The zero-order valence-corrected chi connectivity index (χ0v) is 14.5. The quantitative estimate of drug-likeness (QED) is 0.742. The van der Waals surface area contributed by atoms with Crippen LogP contribution in [-0.4, -0.2) is 47.4 Å². The van der Waals surface area contributed by atoms with Gasteiger partial charge in [-0.2, -0.15) is 0 Å². The highest BCUT2D eigenvalue weighted by Gasteiger charge is 2.21. The van der Waals surface area contributed by atoms with E-state index in [1.807, 2.05) is 17.0 Å². The van der Waals surface area contributed by atoms with E-state index in [0.29, 0.717) is 11.3 Å². The highest BCUT2D eigenvalue weighted by atomic mass is 16.2. The molecule has 0 radical (unpaired) electrons. The number of hydrogen-bond donors (Lipinski definition) is 3. The molecule has 2 amide bonds. The maximum Gasteiger partial charge on any atom is 0.251 e. The first-order valence-electron chi connectivity index (χ1n) is 8.65. The normalized spacial score (nSPS) is 15.5. The Balaban J connectivity index is 1.56. The van der Waals surface area contributed by atoms with E-state index in [2.05, 4.69) is 10.3 Å². The number of aromatic nitrogens is 1. The van der Waals surface area contributed by atoms with Crippen LogP contribution < -0.4 is 16.8 Å². The topological polar surface area (TPSA) is 114 Å². The number of piperidine rings is 1. The number of likely N-dealkylation sites (tertiary alicyclic amines) is 1. The Morgan fingerprint density at radius 3 is 2.46 bits per heavy atom. The molecular formula is C19H23N5O2. The molecule has 0 atom stereocenters. The van der Waals surface area contributed by atoms with Gasteiger partial charge in [0.25, 0.3) is 5.91 Å². The summed E-state index contributed by atoms with van der Waals surface area (Å²) in [5.74, 6) is -0.410. The number of rotatable bonds is 5. The summed E-state index contributed by atoms with van der Waals surface area (Å²) in [4.78, 5) is 29.7. The summed E-state index contributed by atoms with van der Waals surface area (Å²) < 4.78 is 0. The van der Waals surface area contributed by atoms with Gasteiger partial charge < -0.3 is 16.8 Å². The molecule has 3 rings (SSSR count). The Hall–Kier alpha value is -2.93. The van der Waals surface area contributed by atoms with Gasteiger partial charge in [-0.15, -0.1) is 0 Å². The average molecular weight is 353 g/mol. The van der Waals surface area contributed by atoms with E-state index in [9.17, 15) is 9.59 Å². The van der Waals surface area contributed by atoms with Crippen LogP contribution in [0.3, 0.4) is 0 Å². The summed E-state index contributed by atoms with van der Waals surface area (Å²) in [7, 11) is 0. The molecule has 1 aliphatic heterocycles. The second-order valence-corrected chi connectivity index (χ2v) is 6.54. The Kier molecular flexibility index (Phi) is 5.48. The lowest BCUT2D eigenvalue weighted by atomic mass is 10.0. The van der Waals surface area contributed by atoms with E-state index < -0.39 is 0 Å². The minimum absolute atomic E-state index is 0.0922. The highest BCUT2D eigenvalue weighted by molar-refractivity contribution is 5.94. The number of carbonyl (C=O) groups excluding carboxylic acids is 2. The predicted molar refractivity (Wildman–Crippen MR) is 100 cm³/mol. The largest absolute Gasteiger partial charge is 0.399 e. The van der Waals surface area contributed by atoms with Crippen molar-refractivity contribution in [3.8, 4) is 11.3 Å². The second kappa shape index (κ2) is 7.97. The molecule has 7 heteroatoms. The summed E-state index contributed by atoms with van der Waals surface area (Å²) in [6.45, 7) is 1.79. The van der Waals surface area contributed by atoms with Crippen molar-refractivity contribution in [3.05, 3.63) is 48.2 Å². The zero-order valence-electron chi connectivity index (χ0n) is 14.5. The summed E-state index contributed by atoms with van der Waals surface area (Å²) >= 11 is 0. The number of amides is 2. The van der Waals surface area contributed by atoms with Gasteiger partial charge in [-0.25, -0.2) is 0 Å². The van der Waals surface area contributed by atoms with Crippen LogP contribution >= 0.6 is 0 Å². The number of carbonyl (C=O) groups is 2. The molecule has 1 saturated heterocycles. The van der Waals surface area contributed by atoms with E-state index in [4.69, 9.17) is 11.5 Å². The number of nitrogen functional groups attached to an aromatic ring is 1. The lowest BCUT2D eigenvalue weighted by molar-refractivity contribution is -0.119. The first kappa shape index (κ1) is 17.9. The molecule has 7 nitrogen and oxygen atoms in total. The van der Waals surface area contributed by atoms with Gasteiger partial charge >= 0.3 is 0 Å². The van der Waals surface area contributed by atoms with E-state index in [-0.39, 0.29) is 24.4 Å². The van der Waals surface area contributed by atoms with Crippen molar-refractivity contribution in [1.29, 1.82) is 0 Å². The molecule has 26 heavy (non-hydrogen) atoms. The third-order valence-electron chi connectivity index (χ3n) is 4.53. The van der Waals surface area contributed by atoms with Crippen LogP contribution in [0.4, 0.5) is 5.69 Å². The van der Waals surface area contributed by atoms with Gasteiger partial charge in [0.05, 0.1) is 12.2 Å². The summed E-state index contributed by atoms with van der Waals surface area (Å²) in [5, 5.41) is 3.06. The van der Waals surface area contributed by atoms with Gasteiger partial charge in [0.1, 0.15) is 0 Å². The molecule has 0 saturated carbocycles. The van der Waals surface area contributed by atoms with Crippen molar-refractivity contribution in [2.24, 2.45) is 5.73 Å². The monoisotopic (exact) mass is 353 g/mol. The van der Waals surface area contributed by atoms with Gasteiger partial charge in [-0.3, -0.25) is 19.5 Å². The molecule has 1 aromatic heterocycles. The van der Waals surface area contributed by atoms with E-state index >= 15 is 0 Å². The van der Waals surface area contributed by atoms with E-state index in [1.54, 1.807) is 30.5 Å². The molecule has 136 valence electrons. The van der Waals surface area contributed by atoms with Crippen LogP contribution in [0.15, 0.2) is 42.6 Å². The molecule has 5 N–H and O–H groups in total. The summed E-state index contributed by atoms with van der Waals surface area (Å²) in [6.07, 6.45) is 3.28. The molecule has 0 spiro atoms. The molecule has 0 unspecified atom stereocenters. The Morgan fingerprint density at radius 2 is 1.85 bits per heavy atom. The van der Waals surface area contributed by atoms with Gasteiger partial charge in [0.2, 0.25) is 5.91 Å². The SMILES string of the molecule is NC(=O)CN1CCC(NC(=O)c2ccc(-c3cc(N)ccn3)cc2)CC1. The lowest BCUT2D eigenvalue weighted by Gasteiger charge is -2.31. The molecule has 2 heterocycles.